The average molecular weight is 389 g/mol. The van der Waals surface area contributed by atoms with Gasteiger partial charge in [0.15, 0.2) is 6.10 Å². The molecule has 0 fully saturated rings. The summed E-state index contributed by atoms with van der Waals surface area (Å²) >= 11 is 0. The van der Waals surface area contributed by atoms with Crippen molar-refractivity contribution >= 4 is 17.8 Å². The van der Waals surface area contributed by atoms with Crippen LogP contribution >= 0.6 is 0 Å². The summed E-state index contributed by atoms with van der Waals surface area (Å²) in [6.07, 6.45) is 4.91. The van der Waals surface area contributed by atoms with Crippen molar-refractivity contribution in [1.82, 2.24) is 4.57 Å². The maximum Gasteiger partial charge on any atom is 0.344 e. The van der Waals surface area contributed by atoms with Gasteiger partial charge in [-0.3, -0.25) is 4.79 Å². The molecule has 5 nitrogen and oxygen atoms in total. The highest BCUT2D eigenvalue weighted by atomic mass is 16.5. The lowest BCUT2D eigenvalue weighted by Crippen LogP contribution is -2.22. The molecule has 0 bridgehead atoms. The first kappa shape index (κ1) is 20.1. The molecule has 0 saturated carbocycles. The zero-order valence-corrected chi connectivity index (χ0v) is 16.4. The van der Waals surface area contributed by atoms with Gasteiger partial charge in [-0.2, -0.15) is 0 Å². The minimum atomic E-state index is -1.00. The molecule has 3 rings (SSSR count). The van der Waals surface area contributed by atoms with Crippen molar-refractivity contribution in [2.24, 2.45) is 0 Å². The van der Waals surface area contributed by atoms with Gasteiger partial charge in [-0.1, -0.05) is 54.1 Å². The van der Waals surface area contributed by atoms with Gasteiger partial charge in [0, 0.05) is 18.3 Å². The molecule has 1 atom stereocenters. The van der Waals surface area contributed by atoms with Crippen molar-refractivity contribution in [3.63, 3.8) is 0 Å². The lowest BCUT2D eigenvalue weighted by molar-refractivity contribution is -0.144. The summed E-state index contributed by atoms with van der Waals surface area (Å²) < 4.78 is 7.23. The largest absolute Gasteiger partial charge is 0.479 e. The van der Waals surface area contributed by atoms with Crippen molar-refractivity contribution in [3.05, 3.63) is 95.3 Å². The molecule has 1 aromatic heterocycles. The van der Waals surface area contributed by atoms with Crippen LogP contribution in [-0.4, -0.2) is 27.5 Å². The van der Waals surface area contributed by atoms with Crippen molar-refractivity contribution in [2.45, 2.75) is 26.5 Å². The third-order valence-corrected chi connectivity index (χ3v) is 4.53. The highest BCUT2D eigenvalue weighted by molar-refractivity contribution is 6.08. The monoisotopic (exact) mass is 389 g/mol. The number of carbonyl (C=O) groups is 2. The molecule has 5 heteroatoms. The maximum absolute atomic E-state index is 12.7. The quantitative estimate of drug-likeness (QED) is 0.572. The Morgan fingerprint density at radius 3 is 2.41 bits per heavy atom. The number of carbonyl (C=O) groups excluding carboxylic acids is 1. The van der Waals surface area contributed by atoms with Crippen LogP contribution in [-0.2, 0) is 11.3 Å². The molecule has 1 unspecified atom stereocenters. The molecule has 0 spiro atoms. The van der Waals surface area contributed by atoms with Gasteiger partial charge < -0.3 is 14.4 Å². The molecule has 2 aromatic carbocycles. The van der Waals surface area contributed by atoms with E-state index in [9.17, 15) is 9.59 Å². The highest BCUT2D eigenvalue weighted by Crippen LogP contribution is 2.16. The number of hydrogen-bond acceptors (Lipinski definition) is 3. The first-order valence-electron chi connectivity index (χ1n) is 9.36. The van der Waals surface area contributed by atoms with E-state index in [2.05, 4.69) is 0 Å². The van der Waals surface area contributed by atoms with Crippen LogP contribution in [0.4, 0.5) is 0 Å². The maximum atomic E-state index is 12.7. The SMILES string of the molecule is Cc1ccc(C(=O)c2cccn2CC=Cc2ccc(OC(C)C(=O)O)cc2)cc1. The molecule has 148 valence electrons. The molecule has 0 radical (unpaired) electrons. The van der Waals surface area contributed by atoms with Crippen molar-refractivity contribution in [1.29, 1.82) is 0 Å². The summed E-state index contributed by atoms with van der Waals surface area (Å²) in [4.78, 5) is 23.6. The number of nitrogens with zero attached hydrogens (tertiary/aromatic N) is 1. The lowest BCUT2D eigenvalue weighted by Gasteiger charge is -2.10. The zero-order valence-electron chi connectivity index (χ0n) is 16.4. The number of ketones is 1. The van der Waals surface area contributed by atoms with Crippen LogP contribution in [0, 0.1) is 6.92 Å². The van der Waals surface area contributed by atoms with Crippen LogP contribution in [0.1, 0.15) is 34.1 Å². The van der Waals surface area contributed by atoms with Gasteiger partial charge in [0.2, 0.25) is 5.78 Å². The molecule has 0 aliphatic rings. The van der Waals surface area contributed by atoms with Crippen LogP contribution in [0.3, 0.4) is 0 Å². The van der Waals surface area contributed by atoms with E-state index in [0.717, 1.165) is 11.1 Å². The number of hydrogen-bond donors (Lipinski definition) is 1. The summed E-state index contributed by atoms with van der Waals surface area (Å²) in [6.45, 7) is 4.05. The number of benzene rings is 2. The number of carboxylic acid groups (broad SMARTS) is 1. The lowest BCUT2D eigenvalue weighted by atomic mass is 10.1. The first-order valence-corrected chi connectivity index (χ1v) is 9.36. The number of carboxylic acids is 1. The average Bonchev–Trinajstić information content (AvgIpc) is 3.17. The van der Waals surface area contributed by atoms with E-state index < -0.39 is 12.1 Å². The standard InChI is InChI=1S/C24H23NO4/c1-17-7-11-20(12-8-17)23(26)22-6-4-16-25(22)15-3-5-19-9-13-21(14-10-19)29-18(2)24(27)28/h3-14,16,18H,15H2,1-2H3,(H,27,28). The number of ether oxygens (including phenoxy) is 1. The number of rotatable bonds is 8. The Morgan fingerprint density at radius 2 is 1.76 bits per heavy atom. The zero-order chi connectivity index (χ0) is 20.8. The van der Waals surface area contributed by atoms with E-state index in [-0.39, 0.29) is 5.78 Å². The number of allylic oxidation sites excluding steroid dienone is 1. The summed E-state index contributed by atoms with van der Waals surface area (Å²) in [5, 5.41) is 8.89. The summed E-state index contributed by atoms with van der Waals surface area (Å²) in [6, 6.07) is 18.4. The number of aryl methyl sites for hydroxylation is 1. The van der Waals surface area contributed by atoms with Crippen LogP contribution in [0.5, 0.6) is 5.75 Å². The number of aliphatic carboxylic acids is 1. The Labute approximate surface area is 169 Å². The van der Waals surface area contributed by atoms with Gasteiger partial charge in [-0.15, -0.1) is 0 Å². The van der Waals surface area contributed by atoms with Crippen molar-refractivity contribution < 1.29 is 19.4 Å². The Balaban J connectivity index is 1.64. The van der Waals surface area contributed by atoms with Crippen molar-refractivity contribution in [2.75, 3.05) is 0 Å². The second kappa shape index (κ2) is 9.06. The predicted molar refractivity (Wildman–Crippen MR) is 112 cm³/mol. The summed E-state index contributed by atoms with van der Waals surface area (Å²) in [5.41, 5.74) is 3.39. The van der Waals surface area contributed by atoms with E-state index in [0.29, 0.717) is 23.6 Å². The molecule has 29 heavy (non-hydrogen) atoms. The smallest absolute Gasteiger partial charge is 0.344 e. The van der Waals surface area contributed by atoms with Crippen LogP contribution in [0.25, 0.3) is 6.08 Å². The molecule has 1 N–H and O–H groups in total. The van der Waals surface area contributed by atoms with E-state index in [4.69, 9.17) is 9.84 Å². The Kier molecular flexibility index (Phi) is 6.29. The minimum absolute atomic E-state index is 0.00236. The van der Waals surface area contributed by atoms with Gasteiger partial charge >= 0.3 is 5.97 Å². The Hall–Kier alpha value is -3.60. The van der Waals surface area contributed by atoms with Gasteiger partial charge in [0.1, 0.15) is 5.75 Å². The molecule has 0 amide bonds. The summed E-state index contributed by atoms with van der Waals surface area (Å²) in [5.74, 6) is -0.498. The third-order valence-electron chi connectivity index (χ3n) is 4.53. The van der Waals surface area contributed by atoms with E-state index >= 15 is 0 Å². The fourth-order valence-corrected chi connectivity index (χ4v) is 2.85. The Bertz CT molecular complexity index is 1010. The van der Waals surface area contributed by atoms with Crippen LogP contribution in [0.2, 0.25) is 0 Å². The predicted octanol–water partition coefficient (Wildman–Crippen LogP) is 4.59. The van der Waals surface area contributed by atoms with Gasteiger partial charge in [-0.25, -0.2) is 4.79 Å². The minimum Gasteiger partial charge on any atom is -0.479 e. The van der Waals surface area contributed by atoms with Crippen molar-refractivity contribution in [3.8, 4) is 5.75 Å². The van der Waals surface area contributed by atoms with E-state index in [1.807, 2.05) is 78.4 Å². The summed E-state index contributed by atoms with van der Waals surface area (Å²) in [7, 11) is 0. The topological polar surface area (TPSA) is 68.5 Å². The van der Waals surface area contributed by atoms with E-state index in [1.54, 1.807) is 12.1 Å². The molecule has 0 aliphatic carbocycles. The normalized spacial score (nSPS) is 12.1. The molecule has 0 saturated heterocycles. The van der Waals surface area contributed by atoms with Gasteiger partial charge in [-0.05, 0) is 43.7 Å². The second-order valence-electron chi connectivity index (χ2n) is 6.81. The molecule has 1 heterocycles. The van der Waals surface area contributed by atoms with Crippen LogP contribution in [0.15, 0.2) is 72.9 Å². The molecular weight excluding hydrogens is 366 g/mol. The van der Waals surface area contributed by atoms with Gasteiger partial charge in [0.05, 0.1) is 5.69 Å². The third kappa shape index (κ3) is 5.23. The highest BCUT2D eigenvalue weighted by Gasteiger charge is 2.13. The first-order chi connectivity index (χ1) is 13.9. The fourth-order valence-electron chi connectivity index (χ4n) is 2.85. The Morgan fingerprint density at radius 1 is 1.07 bits per heavy atom. The van der Waals surface area contributed by atoms with Crippen LogP contribution < -0.4 is 4.74 Å². The number of aromatic nitrogens is 1. The van der Waals surface area contributed by atoms with E-state index in [1.165, 1.54) is 6.92 Å². The van der Waals surface area contributed by atoms with Gasteiger partial charge in [0.25, 0.3) is 0 Å². The second-order valence-corrected chi connectivity index (χ2v) is 6.81. The molecular formula is C24H23NO4. The molecule has 0 aliphatic heterocycles. The fraction of sp³-hybridized carbons (Fsp3) is 0.167. The molecule has 3 aromatic rings.